The summed E-state index contributed by atoms with van der Waals surface area (Å²) in [6, 6.07) is 12.4. The van der Waals surface area contributed by atoms with E-state index in [0.29, 0.717) is 25.3 Å². The van der Waals surface area contributed by atoms with E-state index in [-0.39, 0.29) is 28.6 Å². The van der Waals surface area contributed by atoms with Gasteiger partial charge in [0.25, 0.3) is 17.3 Å². The van der Waals surface area contributed by atoms with Gasteiger partial charge in [0.2, 0.25) is 5.82 Å². The van der Waals surface area contributed by atoms with Crippen LogP contribution in [0.15, 0.2) is 64.0 Å². The van der Waals surface area contributed by atoms with Crippen LogP contribution in [0.5, 0.6) is 5.75 Å². The van der Waals surface area contributed by atoms with Crippen molar-refractivity contribution in [3.05, 3.63) is 76.3 Å². The fraction of sp³-hybridized carbons (Fsp3) is 0.296. The molecule has 4 heterocycles. The van der Waals surface area contributed by atoms with Crippen molar-refractivity contribution in [2.24, 2.45) is 0 Å². The minimum atomic E-state index is -5.19. The molecule has 0 amide bonds. The van der Waals surface area contributed by atoms with Gasteiger partial charge in [-0.3, -0.25) is 9.69 Å². The lowest BCUT2D eigenvalue weighted by Gasteiger charge is -2.21. The molecule has 1 aliphatic rings. The molecule has 44 heavy (non-hydrogen) atoms. The highest BCUT2D eigenvalue weighted by atomic mass is 19.4. The van der Waals surface area contributed by atoms with Gasteiger partial charge in [0.1, 0.15) is 30.4 Å². The van der Waals surface area contributed by atoms with E-state index in [0.717, 1.165) is 42.3 Å². The molecule has 1 aliphatic heterocycles. The fourth-order valence-corrected chi connectivity index (χ4v) is 4.05. The Labute approximate surface area is 244 Å². The van der Waals surface area contributed by atoms with Crippen molar-refractivity contribution in [1.29, 1.82) is 0 Å². The molecule has 1 saturated heterocycles. The summed E-state index contributed by atoms with van der Waals surface area (Å²) >= 11 is 0. The van der Waals surface area contributed by atoms with Gasteiger partial charge in [-0.1, -0.05) is 5.16 Å². The molecule has 0 bridgehead atoms. The third kappa shape index (κ3) is 8.33. The second-order valence-corrected chi connectivity index (χ2v) is 9.24. The Balaban J connectivity index is 0.000000566. The van der Waals surface area contributed by atoms with E-state index in [9.17, 15) is 31.1 Å². The van der Waals surface area contributed by atoms with Crippen molar-refractivity contribution in [3.8, 4) is 28.6 Å². The normalized spacial score (nSPS) is 13.7. The maximum Gasteiger partial charge on any atom is 0.573 e. The molecule has 1 fully saturated rings. The van der Waals surface area contributed by atoms with Crippen LogP contribution >= 0.6 is 0 Å². The van der Waals surface area contributed by atoms with Gasteiger partial charge in [-0.2, -0.15) is 18.2 Å². The van der Waals surface area contributed by atoms with Crippen LogP contribution in [-0.4, -0.2) is 59.5 Å². The molecule has 0 saturated carbocycles. The summed E-state index contributed by atoms with van der Waals surface area (Å²) in [5, 5.41) is 12.7. The Bertz CT molecular complexity index is 1650. The Kier molecular flexibility index (Phi) is 9.56. The number of pyridine rings is 2. The molecule has 17 heteroatoms. The molecule has 4 aromatic rings. The summed E-state index contributed by atoms with van der Waals surface area (Å²) in [4.78, 5) is 31.9. The Hall–Kier alpha value is -4.93. The lowest BCUT2D eigenvalue weighted by Crippen LogP contribution is -2.39. The van der Waals surface area contributed by atoms with Crippen LogP contribution in [0.2, 0.25) is 0 Å². The van der Waals surface area contributed by atoms with Crippen molar-refractivity contribution in [2.75, 3.05) is 31.2 Å². The quantitative estimate of drug-likeness (QED) is 0.296. The number of H-pyrrole nitrogens is 1. The van der Waals surface area contributed by atoms with Gasteiger partial charge in [0, 0.05) is 17.3 Å². The SMILES string of the molecule is Cc1ccc(-c2nc(-c3ccc(OC(F)(F)F)cc3)no2)c(=O)n1Cc1cc[nH+]c(N2CCOCC2)c1.O=C([O-])C(F)(F)F. The number of nitrogens with one attached hydrogen (secondary N) is 1. The first-order chi connectivity index (χ1) is 20.7. The molecule has 0 radical (unpaired) electrons. The maximum absolute atomic E-state index is 13.4. The molecule has 0 aliphatic carbocycles. The number of benzene rings is 1. The van der Waals surface area contributed by atoms with E-state index in [2.05, 4.69) is 24.8 Å². The average Bonchev–Trinajstić information content (AvgIpc) is 3.45. The first-order valence-electron chi connectivity index (χ1n) is 12.7. The largest absolute Gasteiger partial charge is 0.573 e. The number of carbonyl (C=O) groups excluding carboxylic acids is 1. The molecule has 234 valence electrons. The Morgan fingerprint density at radius 3 is 2.32 bits per heavy atom. The number of aliphatic carboxylic acids is 1. The molecule has 3 aromatic heterocycles. The number of carboxylic acids is 1. The van der Waals surface area contributed by atoms with Crippen LogP contribution in [0.4, 0.5) is 32.2 Å². The van der Waals surface area contributed by atoms with Gasteiger partial charge in [-0.25, -0.2) is 4.98 Å². The van der Waals surface area contributed by atoms with Crippen molar-refractivity contribution >= 4 is 11.8 Å². The summed E-state index contributed by atoms with van der Waals surface area (Å²) in [5.41, 5.74) is 2.03. The lowest BCUT2D eigenvalue weighted by molar-refractivity contribution is -0.364. The van der Waals surface area contributed by atoms with E-state index in [1.165, 1.54) is 12.1 Å². The molecule has 1 N–H and O–H groups in total. The lowest BCUT2D eigenvalue weighted by atomic mass is 10.2. The number of aryl methyl sites for hydroxylation is 1. The highest BCUT2D eigenvalue weighted by Gasteiger charge is 2.31. The number of hydrogen-bond donors (Lipinski definition) is 0. The van der Waals surface area contributed by atoms with Gasteiger partial charge < -0.3 is 28.5 Å². The Morgan fingerprint density at radius 1 is 1.05 bits per heavy atom. The number of aromatic amines is 1. The third-order valence-corrected chi connectivity index (χ3v) is 6.17. The number of alkyl halides is 6. The van der Waals surface area contributed by atoms with E-state index in [4.69, 9.17) is 19.2 Å². The van der Waals surface area contributed by atoms with Gasteiger partial charge in [0.05, 0.1) is 26.0 Å². The number of carboxylic acid groups (broad SMARTS) is 1. The number of carbonyl (C=O) groups is 1. The minimum Gasteiger partial charge on any atom is -0.542 e. The maximum atomic E-state index is 13.4. The number of hydrogen-bond acceptors (Lipinski definition) is 9. The Morgan fingerprint density at radius 2 is 1.70 bits per heavy atom. The van der Waals surface area contributed by atoms with Gasteiger partial charge in [-0.15, -0.1) is 13.2 Å². The first kappa shape index (κ1) is 32.0. The molecule has 5 rings (SSSR count). The van der Waals surface area contributed by atoms with E-state index in [1.54, 1.807) is 16.7 Å². The molecular weight excluding hydrogens is 604 g/mol. The van der Waals surface area contributed by atoms with Crippen molar-refractivity contribution in [2.45, 2.75) is 26.0 Å². The van der Waals surface area contributed by atoms with Crippen LogP contribution in [0, 0.1) is 6.92 Å². The number of rotatable bonds is 6. The zero-order chi connectivity index (χ0) is 32.1. The van der Waals surface area contributed by atoms with Gasteiger partial charge >= 0.3 is 12.5 Å². The van der Waals surface area contributed by atoms with Crippen molar-refractivity contribution in [3.63, 3.8) is 0 Å². The zero-order valence-corrected chi connectivity index (χ0v) is 22.7. The summed E-state index contributed by atoms with van der Waals surface area (Å²) in [6.45, 7) is 5.07. The summed E-state index contributed by atoms with van der Waals surface area (Å²) in [6.07, 6.45) is -8.13. The highest BCUT2D eigenvalue weighted by molar-refractivity contribution is 5.70. The monoisotopic (exact) mass is 627 g/mol. The second kappa shape index (κ2) is 13.2. The third-order valence-electron chi connectivity index (χ3n) is 6.17. The smallest absolute Gasteiger partial charge is 0.542 e. The van der Waals surface area contributed by atoms with Crippen molar-refractivity contribution < 1.29 is 55.2 Å². The second-order valence-electron chi connectivity index (χ2n) is 9.24. The summed E-state index contributed by atoms with van der Waals surface area (Å²) in [7, 11) is 0. The highest BCUT2D eigenvalue weighted by Crippen LogP contribution is 2.26. The van der Waals surface area contributed by atoms with Crippen LogP contribution in [0.3, 0.4) is 0 Å². The van der Waals surface area contributed by atoms with Crippen molar-refractivity contribution in [1.82, 2.24) is 14.7 Å². The molecule has 0 unspecified atom stereocenters. The molecule has 0 spiro atoms. The summed E-state index contributed by atoms with van der Waals surface area (Å²) < 4.78 is 85.0. The molecule has 1 aromatic carbocycles. The number of morpholine rings is 1. The number of nitrogens with zero attached hydrogens (tertiary/aromatic N) is 4. The predicted octanol–water partition coefficient (Wildman–Crippen LogP) is 2.77. The molecule has 0 atom stereocenters. The number of halogens is 6. The minimum absolute atomic E-state index is 0.0137. The summed E-state index contributed by atoms with van der Waals surface area (Å²) in [5.74, 6) is -2.27. The van der Waals surface area contributed by atoms with Crippen LogP contribution in [0.1, 0.15) is 11.3 Å². The standard InChI is InChI=1S/C25H22F3N5O4.C2HF3O2/c1-16-2-7-20(23-30-22(31-37-23)18-3-5-19(6-4-18)36-25(26,27)28)24(34)33(16)15-17-8-9-29-21(14-17)32-10-12-35-13-11-32;3-2(4,5)1(6)7/h2-9,14H,10-13,15H2,1H3;(H,6,7). The van der Waals surface area contributed by atoms with Gasteiger partial charge in [0.15, 0.2) is 0 Å². The fourth-order valence-electron chi connectivity index (χ4n) is 4.05. The van der Waals surface area contributed by atoms with Crippen LogP contribution in [0.25, 0.3) is 22.8 Å². The van der Waals surface area contributed by atoms with Crippen LogP contribution in [-0.2, 0) is 16.1 Å². The van der Waals surface area contributed by atoms with E-state index >= 15 is 0 Å². The average molecular weight is 627 g/mol. The first-order valence-corrected chi connectivity index (χ1v) is 12.7. The van der Waals surface area contributed by atoms with E-state index < -0.39 is 18.5 Å². The number of ether oxygens (including phenoxy) is 2. The molecule has 11 nitrogen and oxygen atoms in total. The predicted molar refractivity (Wildman–Crippen MR) is 137 cm³/mol. The number of anilines is 1. The van der Waals surface area contributed by atoms with Gasteiger partial charge in [-0.05, 0) is 55.0 Å². The van der Waals surface area contributed by atoms with E-state index in [1.807, 2.05) is 25.3 Å². The van der Waals surface area contributed by atoms with Crippen LogP contribution < -0.4 is 25.3 Å². The zero-order valence-electron chi connectivity index (χ0n) is 22.7. The number of aromatic nitrogens is 4. The molecular formula is C27H23F6N5O6. The topological polar surface area (TPSA) is 137 Å².